The quantitative estimate of drug-likeness (QED) is 0.855. The van der Waals surface area contributed by atoms with Crippen molar-refractivity contribution in [2.75, 3.05) is 17.2 Å². The van der Waals surface area contributed by atoms with Gasteiger partial charge in [0.1, 0.15) is 0 Å². The Morgan fingerprint density at radius 1 is 1.47 bits per heavy atom. The molecule has 0 aromatic heterocycles. The van der Waals surface area contributed by atoms with E-state index in [2.05, 4.69) is 58.6 Å². The lowest BCUT2D eigenvalue weighted by atomic mass is 9.97. The maximum atomic E-state index is 3.59. The second kappa shape index (κ2) is 4.44. The van der Waals surface area contributed by atoms with Gasteiger partial charge in [-0.05, 0) is 24.1 Å². The molecule has 1 aliphatic rings. The maximum Gasteiger partial charge on any atom is 0.0588 e. The van der Waals surface area contributed by atoms with Crippen molar-refractivity contribution in [3.8, 4) is 0 Å². The zero-order valence-corrected chi connectivity index (χ0v) is 10.8. The standard InChI is InChI=1S/C12H17BrN2/c1-3-8(2)12-7-14-11-6-9(13)4-5-10(11)15-12/h4-6,8,12,14-15H,3,7H2,1-2H3. The van der Waals surface area contributed by atoms with E-state index in [4.69, 9.17) is 0 Å². The van der Waals surface area contributed by atoms with Gasteiger partial charge < -0.3 is 10.6 Å². The van der Waals surface area contributed by atoms with Crippen LogP contribution in [-0.2, 0) is 0 Å². The molecule has 15 heavy (non-hydrogen) atoms. The number of hydrogen-bond donors (Lipinski definition) is 2. The fraction of sp³-hybridized carbons (Fsp3) is 0.500. The smallest absolute Gasteiger partial charge is 0.0588 e. The van der Waals surface area contributed by atoms with Crippen LogP contribution in [0.25, 0.3) is 0 Å². The van der Waals surface area contributed by atoms with Crippen molar-refractivity contribution in [2.24, 2.45) is 5.92 Å². The van der Waals surface area contributed by atoms with Crippen LogP contribution in [0, 0.1) is 5.92 Å². The number of fused-ring (bicyclic) bond motifs is 1. The first-order chi connectivity index (χ1) is 7.20. The molecule has 0 aliphatic carbocycles. The average molecular weight is 269 g/mol. The lowest BCUT2D eigenvalue weighted by Crippen LogP contribution is -2.37. The molecular formula is C12H17BrN2. The highest BCUT2D eigenvalue weighted by atomic mass is 79.9. The summed E-state index contributed by atoms with van der Waals surface area (Å²) in [5.41, 5.74) is 2.42. The van der Waals surface area contributed by atoms with Crippen molar-refractivity contribution in [1.29, 1.82) is 0 Å². The van der Waals surface area contributed by atoms with Gasteiger partial charge in [0, 0.05) is 17.1 Å². The Hall–Kier alpha value is -0.700. The summed E-state index contributed by atoms with van der Waals surface area (Å²) in [5, 5.41) is 7.07. The predicted octanol–water partition coefficient (Wildman–Crippen LogP) is 3.70. The first-order valence-corrected chi connectivity index (χ1v) is 6.30. The van der Waals surface area contributed by atoms with Crippen LogP contribution in [0.15, 0.2) is 22.7 Å². The molecule has 0 saturated heterocycles. The Kier molecular flexibility index (Phi) is 3.19. The van der Waals surface area contributed by atoms with Gasteiger partial charge in [-0.3, -0.25) is 0 Å². The molecule has 1 aromatic carbocycles. The first kappa shape index (κ1) is 10.8. The van der Waals surface area contributed by atoms with E-state index in [1.54, 1.807) is 0 Å². The lowest BCUT2D eigenvalue weighted by Gasteiger charge is -2.32. The molecule has 82 valence electrons. The fourth-order valence-electron chi connectivity index (χ4n) is 1.89. The molecule has 2 atom stereocenters. The zero-order chi connectivity index (χ0) is 10.8. The van der Waals surface area contributed by atoms with Gasteiger partial charge in [-0.2, -0.15) is 0 Å². The summed E-state index contributed by atoms with van der Waals surface area (Å²) < 4.78 is 1.12. The number of rotatable bonds is 2. The van der Waals surface area contributed by atoms with Crippen LogP contribution in [0.2, 0.25) is 0 Å². The van der Waals surface area contributed by atoms with E-state index in [0.717, 1.165) is 11.0 Å². The monoisotopic (exact) mass is 268 g/mol. The van der Waals surface area contributed by atoms with Crippen LogP contribution < -0.4 is 10.6 Å². The molecule has 1 aliphatic heterocycles. The van der Waals surface area contributed by atoms with Crippen molar-refractivity contribution in [3.05, 3.63) is 22.7 Å². The maximum absolute atomic E-state index is 3.59. The van der Waals surface area contributed by atoms with Gasteiger partial charge in [0.05, 0.1) is 11.4 Å². The molecule has 0 saturated carbocycles. The summed E-state index contributed by atoms with van der Waals surface area (Å²) in [5.74, 6) is 0.703. The zero-order valence-electron chi connectivity index (χ0n) is 9.18. The molecular weight excluding hydrogens is 252 g/mol. The third kappa shape index (κ3) is 2.28. The third-order valence-electron chi connectivity index (χ3n) is 3.17. The van der Waals surface area contributed by atoms with E-state index in [9.17, 15) is 0 Å². The number of hydrogen-bond acceptors (Lipinski definition) is 2. The SMILES string of the molecule is CCC(C)C1CNc2cc(Br)ccc2N1. The van der Waals surface area contributed by atoms with Crippen molar-refractivity contribution in [3.63, 3.8) is 0 Å². The highest BCUT2D eigenvalue weighted by molar-refractivity contribution is 9.10. The number of anilines is 2. The van der Waals surface area contributed by atoms with E-state index < -0.39 is 0 Å². The van der Waals surface area contributed by atoms with Crippen LogP contribution in [0.4, 0.5) is 11.4 Å². The van der Waals surface area contributed by atoms with E-state index in [-0.39, 0.29) is 0 Å². The van der Waals surface area contributed by atoms with Gasteiger partial charge in [-0.25, -0.2) is 0 Å². The predicted molar refractivity (Wildman–Crippen MR) is 69.5 cm³/mol. The second-order valence-corrected chi connectivity index (χ2v) is 5.12. The van der Waals surface area contributed by atoms with Crippen molar-refractivity contribution in [2.45, 2.75) is 26.3 Å². The number of halogens is 1. The Balaban J connectivity index is 2.16. The van der Waals surface area contributed by atoms with Gasteiger partial charge in [-0.1, -0.05) is 36.2 Å². The molecule has 0 bridgehead atoms. The van der Waals surface area contributed by atoms with Crippen molar-refractivity contribution >= 4 is 27.3 Å². The second-order valence-electron chi connectivity index (χ2n) is 4.21. The topological polar surface area (TPSA) is 24.1 Å². The molecule has 2 nitrogen and oxygen atoms in total. The Labute approximate surface area is 99.6 Å². The molecule has 1 heterocycles. The van der Waals surface area contributed by atoms with E-state index >= 15 is 0 Å². The minimum absolute atomic E-state index is 0.545. The molecule has 0 amide bonds. The molecule has 3 heteroatoms. The molecule has 1 aromatic rings. The summed E-state index contributed by atoms with van der Waals surface area (Å²) in [6.07, 6.45) is 1.21. The van der Waals surface area contributed by atoms with Gasteiger partial charge in [0.15, 0.2) is 0 Å². The normalized spacial score (nSPS) is 21.1. The summed E-state index contributed by atoms with van der Waals surface area (Å²) in [6, 6.07) is 6.87. The summed E-state index contributed by atoms with van der Waals surface area (Å²) in [6.45, 7) is 5.55. The number of nitrogens with one attached hydrogen (secondary N) is 2. The average Bonchev–Trinajstić information content (AvgIpc) is 2.27. The third-order valence-corrected chi connectivity index (χ3v) is 3.66. The largest absolute Gasteiger partial charge is 0.381 e. The summed E-state index contributed by atoms with van der Waals surface area (Å²) >= 11 is 3.48. The molecule has 0 spiro atoms. The van der Waals surface area contributed by atoms with Crippen LogP contribution in [-0.4, -0.2) is 12.6 Å². The fourth-order valence-corrected chi connectivity index (χ4v) is 2.25. The van der Waals surface area contributed by atoms with Gasteiger partial charge in [0.25, 0.3) is 0 Å². The van der Waals surface area contributed by atoms with Crippen molar-refractivity contribution < 1.29 is 0 Å². The van der Waals surface area contributed by atoms with Crippen LogP contribution in [0.3, 0.4) is 0 Å². The number of benzene rings is 1. The molecule has 0 fully saturated rings. The van der Waals surface area contributed by atoms with Crippen LogP contribution in [0.1, 0.15) is 20.3 Å². The molecule has 2 N–H and O–H groups in total. The summed E-state index contributed by atoms with van der Waals surface area (Å²) in [7, 11) is 0. The molecule has 2 rings (SSSR count). The van der Waals surface area contributed by atoms with Gasteiger partial charge >= 0.3 is 0 Å². The van der Waals surface area contributed by atoms with Crippen LogP contribution in [0.5, 0.6) is 0 Å². The first-order valence-electron chi connectivity index (χ1n) is 5.50. The van der Waals surface area contributed by atoms with Crippen LogP contribution >= 0.6 is 15.9 Å². The van der Waals surface area contributed by atoms with E-state index in [0.29, 0.717) is 12.0 Å². The Morgan fingerprint density at radius 2 is 2.27 bits per heavy atom. The van der Waals surface area contributed by atoms with E-state index in [1.165, 1.54) is 17.8 Å². The molecule has 2 unspecified atom stereocenters. The Morgan fingerprint density at radius 3 is 3.00 bits per heavy atom. The minimum atomic E-state index is 0.545. The lowest BCUT2D eigenvalue weighted by molar-refractivity contribution is 0.478. The van der Waals surface area contributed by atoms with Crippen molar-refractivity contribution in [1.82, 2.24) is 0 Å². The van der Waals surface area contributed by atoms with E-state index in [1.807, 2.05) is 0 Å². The summed E-state index contributed by atoms with van der Waals surface area (Å²) in [4.78, 5) is 0. The van der Waals surface area contributed by atoms with Gasteiger partial charge in [0.2, 0.25) is 0 Å². The van der Waals surface area contributed by atoms with Gasteiger partial charge in [-0.15, -0.1) is 0 Å². The Bertz CT molecular complexity index is 351. The minimum Gasteiger partial charge on any atom is -0.381 e. The highest BCUT2D eigenvalue weighted by Crippen LogP contribution is 2.31. The highest BCUT2D eigenvalue weighted by Gasteiger charge is 2.21. The molecule has 0 radical (unpaired) electrons.